The van der Waals surface area contributed by atoms with Crippen molar-refractivity contribution in [1.29, 1.82) is 0 Å². The highest BCUT2D eigenvalue weighted by atomic mass is 35.5. The molecule has 1 amide bonds. The highest BCUT2D eigenvalue weighted by Gasteiger charge is 2.35. The van der Waals surface area contributed by atoms with Gasteiger partial charge in [-0.2, -0.15) is 4.98 Å². The van der Waals surface area contributed by atoms with Crippen LogP contribution >= 0.6 is 11.6 Å². The van der Waals surface area contributed by atoms with E-state index in [9.17, 15) is 4.79 Å². The van der Waals surface area contributed by atoms with Gasteiger partial charge < -0.3 is 9.42 Å². The van der Waals surface area contributed by atoms with Crippen LogP contribution in [0, 0.1) is 0 Å². The molecule has 2 aromatic heterocycles. The average molecular weight is 395 g/mol. The van der Waals surface area contributed by atoms with E-state index in [0.29, 0.717) is 29.7 Å². The number of carbonyl (C=O) groups excluding carboxylic acids is 1. The van der Waals surface area contributed by atoms with E-state index in [1.165, 1.54) is 0 Å². The van der Waals surface area contributed by atoms with E-state index in [1.807, 2.05) is 37.4 Å². The molecule has 4 aromatic rings. The minimum Gasteiger partial charge on any atom is -0.339 e. The molecule has 1 aliphatic heterocycles. The Bertz CT molecular complexity index is 1200. The van der Waals surface area contributed by atoms with Crippen molar-refractivity contribution >= 4 is 34.2 Å². The van der Waals surface area contributed by atoms with E-state index in [1.54, 1.807) is 21.7 Å². The van der Waals surface area contributed by atoms with Crippen LogP contribution in [-0.4, -0.2) is 37.6 Å². The zero-order valence-corrected chi connectivity index (χ0v) is 15.7. The van der Waals surface area contributed by atoms with Crippen molar-refractivity contribution in [2.75, 3.05) is 11.4 Å². The zero-order valence-electron chi connectivity index (χ0n) is 14.9. The first-order valence-corrected chi connectivity index (χ1v) is 9.15. The molecule has 8 nitrogen and oxygen atoms in total. The van der Waals surface area contributed by atoms with E-state index in [4.69, 9.17) is 16.1 Å². The van der Waals surface area contributed by atoms with E-state index < -0.39 is 0 Å². The van der Waals surface area contributed by atoms with Gasteiger partial charge >= 0.3 is 0 Å². The number of nitrogens with zero attached hydrogens (tertiary/aromatic N) is 6. The van der Waals surface area contributed by atoms with Crippen LogP contribution in [0.1, 0.15) is 18.2 Å². The second-order valence-electron chi connectivity index (χ2n) is 6.76. The summed E-state index contributed by atoms with van der Waals surface area (Å²) in [6, 6.07) is 12.9. The fourth-order valence-electron chi connectivity index (χ4n) is 3.46. The first-order chi connectivity index (χ1) is 13.6. The van der Waals surface area contributed by atoms with Gasteiger partial charge in [-0.15, -0.1) is 5.10 Å². The molecule has 1 atom stereocenters. The number of carbonyl (C=O) groups is 1. The van der Waals surface area contributed by atoms with Gasteiger partial charge in [0.2, 0.25) is 17.6 Å². The molecule has 0 bridgehead atoms. The summed E-state index contributed by atoms with van der Waals surface area (Å²) < 4.78 is 7.17. The Hall–Kier alpha value is -3.26. The molecule has 5 rings (SSSR count). The lowest BCUT2D eigenvalue weighted by atomic mass is 10.1. The molecule has 1 saturated heterocycles. The Balaban J connectivity index is 1.40. The van der Waals surface area contributed by atoms with Crippen LogP contribution in [-0.2, 0) is 11.8 Å². The monoisotopic (exact) mass is 394 g/mol. The molecule has 2 aromatic carbocycles. The number of benzene rings is 2. The fraction of sp³-hybridized carbons (Fsp3) is 0.211. The summed E-state index contributed by atoms with van der Waals surface area (Å²) in [5.74, 6) is 0.768. The number of hydrogen-bond acceptors (Lipinski definition) is 6. The lowest BCUT2D eigenvalue weighted by Gasteiger charge is -2.16. The highest BCUT2D eigenvalue weighted by molar-refractivity contribution is 6.30. The smallest absolute Gasteiger partial charge is 0.232 e. The first kappa shape index (κ1) is 16.9. The Morgan fingerprint density at radius 2 is 2.11 bits per heavy atom. The molecule has 0 spiro atoms. The molecule has 1 fully saturated rings. The average Bonchev–Trinajstić information content (AvgIpc) is 3.40. The summed E-state index contributed by atoms with van der Waals surface area (Å²) in [4.78, 5) is 18.7. The van der Waals surface area contributed by atoms with Gasteiger partial charge in [0.25, 0.3) is 0 Å². The minimum absolute atomic E-state index is 0.00740. The third-order valence-corrected chi connectivity index (χ3v) is 5.14. The molecule has 140 valence electrons. The Labute approximate surface area is 164 Å². The summed E-state index contributed by atoms with van der Waals surface area (Å²) in [6.45, 7) is 0.476. The van der Waals surface area contributed by atoms with Crippen molar-refractivity contribution in [3.8, 4) is 11.4 Å². The number of amides is 1. The van der Waals surface area contributed by atoms with Crippen LogP contribution in [0.25, 0.3) is 22.4 Å². The lowest BCUT2D eigenvalue weighted by molar-refractivity contribution is -0.117. The summed E-state index contributed by atoms with van der Waals surface area (Å²) in [5.41, 5.74) is 3.24. The maximum atomic E-state index is 12.5. The van der Waals surface area contributed by atoms with E-state index in [-0.39, 0.29) is 11.8 Å². The Morgan fingerprint density at radius 3 is 2.96 bits per heavy atom. The molecule has 0 N–H and O–H groups in total. The van der Waals surface area contributed by atoms with Crippen molar-refractivity contribution in [2.24, 2.45) is 7.05 Å². The summed E-state index contributed by atoms with van der Waals surface area (Å²) >= 11 is 6.05. The third-order valence-electron chi connectivity index (χ3n) is 4.90. The molecular weight excluding hydrogens is 380 g/mol. The van der Waals surface area contributed by atoms with Crippen molar-refractivity contribution in [3.05, 3.63) is 53.4 Å². The number of fused-ring (bicyclic) bond motifs is 1. The molecular formula is C19H15ClN6O2. The van der Waals surface area contributed by atoms with Crippen LogP contribution in [0.5, 0.6) is 0 Å². The van der Waals surface area contributed by atoms with E-state index >= 15 is 0 Å². The zero-order chi connectivity index (χ0) is 19.3. The van der Waals surface area contributed by atoms with E-state index in [0.717, 1.165) is 22.3 Å². The van der Waals surface area contributed by atoms with Gasteiger partial charge in [-0.3, -0.25) is 4.79 Å². The number of anilines is 1. The predicted octanol–water partition coefficient (Wildman–Crippen LogP) is 3.19. The third kappa shape index (κ3) is 2.82. The van der Waals surface area contributed by atoms with Crippen molar-refractivity contribution in [2.45, 2.75) is 12.3 Å². The van der Waals surface area contributed by atoms with Gasteiger partial charge in [0.1, 0.15) is 5.52 Å². The molecule has 1 aliphatic rings. The lowest BCUT2D eigenvalue weighted by Crippen LogP contribution is -2.24. The number of hydrogen-bond donors (Lipinski definition) is 0. The van der Waals surface area contributed by atoms with Gasteiger partial charge in [-0.1, -0.05) is 28.0 Å². The van der Waals surface area contributed by atoms with Gasteiger partial charge in [-0.25, -0.2) is 4.68 Å². The van der Waals surface area contributed by atoms with Gasteiger partial charge in [-0.05, 0) is 36.4 Å². The van der Waals surface area contributed by atoms with Crippen LogP contribution in [0.3, 0.4) is 0 Å². The molecule has 9 heteroatoms. The van der Waals surface area contributed by atoms with Crippen molar-refractivity contribution in [1.82, 2.24) is 25.1 Å². The van der Waals surface area contributed by atoms with Gasteiger partial charge in [0, 0.05) is 36.3 Å². The van der Waals surface area contributed by atoms with Crippen LogP contribution in [0.4, 0.5) is 5.69 Å². The van der Waals surface area contributed by atoms with Crippen molar-refractivity contribution < 1.29 is 9.32 Å². The molecule has 0 saturated carbocycles. The summed E-state index contributed by atoms with van der Waals surface area (Å²) in [5, 5.41) is 12.8. The molecule has 0 unspecified atom stereocenters. The summed E-state index contributed by atoms with van der Waals surface area (Å²) in [6.07, 6.45) is 0.317. The Morgan fingerprint density at radius 1 is 1.21 bits per heavy atom. The standard InChI is InChI=1S/C19H15ClN6O2/c1-25-16-6-5-11(7-15(16)22-24-25)18-21-19(28-23-18)12-8-17(27)26(10-12)14-4-2-3-13(20)9-14/h2-7,9,12H,8,10H2,1H3/t12-/m1/s1. The topological polar surface area (TPSA) is 89.9 Å². The van der Waals surface area contributed by atoms with Gasteiger partial charge in [0.15, 0.2) is 0 Å². The molecule has 3 heterocycles. The minimum atomic E-state index is -0.159. The predicted molar refractivity (Wildman–Crippen MR) is 103 cm³/mol. The number of aryl methyl sites for hydroxylation is 1. The summed E-state index contributed by atoms with van der Waals surface area (Å²) in [7, 11) is 1.84. The highest BCUT2D eigenvalue weighted by Crippen LogP contribution is 2.33. The second kappa shape index (κ2) is 6.42. The largest absolute Gasteiger partial charge is 0.339 e. The van der Waals surface area contributed by atoms with Crippen molar-refractivity contribution in [3.63, 3.8) is 0 Å². The first-order valence-electron chi connectivity index (χ1n) is 8.78. The Kier molecular flexibility index (Phi) is 3.87. The number of rotatable bonds is 3. The molecule has 28 heavy (non-hydrogen) atoms. The quantitative estimate of drug-likeness (QED) is 0.530. The van der Waals surface area contributed by atoms with E-state index in [2.05, 4.69) is 20.5 Å². The van der Waals surface area contributed by atoms with Gasteiger partial charge in [0.05, 0.1) is 11.4 Å². The van der Waals surface area contributed by atoms with Crippen LogP contribution < -0.4 is 4.90 Å². The number of halogens is 1. The SMILES string of the molecule is Cn1nnc2cc(-c3noc([C@@H]4CC(=O)N(c5cccc(Cl)c5)C4)n3)ccc21. The molecule has 0 radical (unpaired) electrons. The maximum Gasteiger partial charge on any atom is 0.232 e. The molecule has 0 aliphatic carbocycles. The number of aromatic nitrogens is 5. The van der Waals surface area contributed by atoms with Crippen LogP contribution in [0.15, 0.2) is 47.0 Å². The normalized spacial score (nSPS) is 17.0. The second-order valence-corrected chi connectivity index (χ2v) is 7.19. The van der Waals surface area contributed by atoms with Crippen LogP contribution in [0.2, 0.25) is 5.02 Å². The maximum absolute atomic E-state index is 12.5. The fourth-order valence-corrected chi connectivity index (χ4v) is 3.65.